The number of nitrogen functional groups attached to an aromatic ring is 1. The van der Waals surface area contributed by atoms with Crippen molar-refractivity contribution < 1.29 is 0 Å². The summed E-state index contributed by atoms with van der Waals surface area (Å²) in [7, 11) is 0. The molecule has 4 aromatic rings. The van der Waals surface area contributed by atoms with E-state index >= 15 is 0 Å². The van der Waals surface area contributed by atoms with Crippen molar-refractivity contribution in [3.8, 4) is 0 Å². The van der Waals surface area contributed by atoms with Crippen LogP contribution in [0.1, 0.15) is 25.1 Å². The zero-order valence-electron chi connectivity index (χ0n) is 17.3. The van der Waals surface area contributed by atoms with Crippen LogP contribution in [0.4, 0.5) is 5.82 Å². The number of aromatic nitrogens is 5. The maximum Gasteiger partial charge on any atom is 0.262 e. The largest absolute Gasteiger partial charge is 0.382 e. The van der Waals surface area contributed by atoms with Crippen LogP contribution in [0.2, 0.25) is 10.2 Å². The van der Waals surface area contributed by atoms with Crippen molar-refractivity contribution in [3.63, 3.8) is 0 Å². The molecule has 166 valence electrons. The third kappa shape index (κ3) is 4.98. The normalized spacial score (nSPS) is 13.2. The van der Waals surface area contributed by atoms with Crippen LogP contribution in [0.25, 0.3) is 21.9 Å². The molecule has 4 N–H and O–H groups in total. The number of anilines is 1. The Balaban J connectivity index is 0.000000174. The molecule has 0 bridgehead atoms. The fourth-order valence-corrected chi connectivity index (χ4v) is 3.82. The van der Waals surface area contributed by atoms with Gasteiger partial charge in [0.15, 0.2) is 5.82 Å². The molecule has 1 aromatic carbocycles. The highest BCUT2D eigenvalue weighted by atomic mass is 35.5. The minimum Gasteiger partial charge on any atom is -0.382 e. The second kappa shape index (κ2) is 9.77. The molecule has 0 amide bonds. The number of halogens is 2. The smallest absolute Gasteiger partial charge is 0.262 e. The van der Waals surface area contributed by atoms with Gasteiger partial charge < -0.3 is 11.5 Å². The van der Waals surface area contributed by atoms with Gasteiger partial charge in [-0.2, -0.15) is 0 Å². The van der Waals surface area contributed by atoms with E-state index in [-0.39, 0.29) is 5.56 Å². The molecule has 1 aliphatic carbocycles. The summed E-state index contributed by atoms with van der Waals surface area (Å²) < 4.78 is 1.76. The van der Waals surface area contributed by atoms with Crippen LogP contribution in [-0.2, 0) is 13.0 Å². The first kappa shape index (κ1) is 22.4. The fourth-order valence-electron chi connectivity index (χ4n) is 3.42. The van der Waals surface area contributed by atoms with Crippen LogP contribution in [0.15, 0.2) is 41.5 Å². The number of hydrogen-bond acceptors (Lipinski definition) is 7. The Morgan fingerprint density at radius 2 is 1.88 bits per heavy atom. The van der Waals surface area contributed by atoms with Crippen molar-refractivity contribution in [2.24, 2.45) is 11.7 Å². The van der Waals surface area contributed by atoms with Crippen LogP contribution in [0, 0.1) is 5.92 Å². The summed E-state index contributed by atoms with van der Waals surface area (Å²) >= 11 is 11.8. The van der Waals surface area contributed by atoms with E-state index in [9.17, 15) is 4.79 Å². The van der Waals surface area contributed by atoms with Gasteiger partial charge in [0.25, 0.3) is 5.56 Å². The molecule has 0 unspecified atom stereocenters. The van der Waals surface area contributed by atoms with Gasteiger partial charge in [0.1, 0.15) is 22.8 Å². The first-order valence-corrected chi connectivity index (χ1v) is 11.1. The van der Waals surface area contributed by atoms with E-state index in [4.69, 9.17) is 34.7 Å². The average molecular weight is 472 g/mol. The molecule has 10 heteroatoms. The summed E-state index contributed by atoms with van der Waals surface area (Å²) in [4.78, 5) is 29.1. The van der Waals surface area contributed by atoms with Crippen molar-refractivity contribution in [1.82, 2.24) is 24.5 Å². The topological polar surface area (TPSA) is 126 Å². The minimum atomic E-state index is -0.0373. The Bertz CT molecular complexity index is 1320. The molecule has 0 spiro atoms. The van der Waals surface area contributed by atoms with Gasteiger partial charge in [-0.1, -0.05) is 29.3 Å². The van der Waals surface area contributed by atoms with E-state index in [0.29, 0.717) is 56.9 Å². The summed E-state index contributed by atoms with van der Waals surface area (Å²) in [5.41, 5.74) is 13.0. The molecular weight excluding hydrogens is 449 g/mol. The summed E-state index contributed by atoms with van der Waals surface area (Å²) in [6, 6.07) is 8.84. The lowest BCUT2D eigenvalue weighted by atomic mass is 10.2. The van der Waals surface area contributed by atoms with Gasteiger partial charge in [0.05, 0.1) is 21.4 Å². The summed E-state index contributed by atoms with van der Waals surface area (Å²) in [5.74, 6) is 1.91. The SMILES string of the molecule is NCCCn1c(CC2CC2)nc2cccc(Cl)c2c1=O.Nc1ncnc2ccc(Cl)nc12. The predicted octanol–water partition coefficient (Wildman–Crippen LogP) is 3.61. The molecule has 3 heterocycles. The van der Waals surface area contributed by atoms with Crippen LogP contribution in [0.3, 0.4) is 0 Å². The van der Waals surface area contributed by atoms with Gasteiger partial charge in [0.2, 0.25) is 0 Å². The highest BCUT2D eigenvalue weighted by Gasteiger charge is 2.24. The monoisotopic (exact) mass is 471 g/mol. The van der Waals surface area contributed by atoms with Crippen LogP contribution >= 0.6 is 23.2 Å². The molecular formula is C22H23Cl2N7O. The van der Waals surface area contributed by atoms with Gasteiger partial charge >= 0.3 is 0 Å². The van der Waals surface area contributed by atoms with Crippen molar-refractivity contribution in [1.29, 1.82) is 0 Å². The third-order valence-electron chi connectivity index (χ3n) is 5.24. The van der Waals surface area contributed by atoms with Crippen LogP contribution < -0.4 is 17.0 Å². The molecule has 1 fully saturated rings. The Kier molecular flexibility index (Phi) is 6.83. The lowest BCUT2D eigenvalue weighted by Gasteiger charge is -2.13. The number of hydrogen-bond donors (Lipinski definition) is 2. The number of pyridine rings is 1. The van der Waals surface area contributed by atoms with E-state index in [1.807, 2.05) is 12.1 Å². The molecule has 1 saturated carbocycles. The van der Waals surface area contributed by atoms with Crippen LogP contribution in [-0.4, -0.2) is 31.0 Å². The maximum absolute atomic E-state index is 12.7. The Morgan fingerprint density at radius 3 is 2.62 bits per heavy atom. The predicted molar refractivity (Wildman–Crippen MR) is 128 cm³/mol. The number of rotatable bonds is 5. The second-order valence-corrected chi connectivity index (χ2v) is 8.46. The lowest BCUT2D eigenvalue weighted by Crippen LogP contribution is -2.27. The molecule has 3 aromatic heterocycles. The third-order valence-corrected chi connectivity index (χ3v) is 5.77. The van der Waals surface area contributed by atoms with E-state index in [0.717, 1.165) is 18.7 Å². The number of fused-ring (bicyclic) bond motifs is 2. The van der Waals surface area contributed by atoms with Gasteiger partial charge in [0, 0.05) is 13.0 Å². The molecule has 0 aliphatic heterocycles. The van der Waals surface area contributed by atoms with Gasteiger partial charge in [-0.15, -0.1) is 0 Å². The first-order valence-electron chi connectivity index (χ1n) is 10.4. The lowest BCUT2D eigenvalue weighted by molar-refractivity contribution is 0.575. The summed E-state index contributed by atoms with van der Waals surface area (Å²) in [6.45, 7) is 1.18. The first-order chi connectivity index (χ1) is 15.5. The molecule has 0 saturated heterocycles. The molecule has 8 nitrogen and oxygen atoms in total. The van der Waals surface area contributed by atoms with Crippen molar-refractivity contribution in [2.75, 3.05) is 12.3 Å². The molecule has 5 rings (SSSR count). The van der Waals surface area contributed by atoms with Crippen molar-refractivity contribution in [3.05, 3.63) is 63.0 Å². The van der Waals surface area contributed by atoms with Crippen molar-refractivity contribution >= 4 is 51.0 Å². The van der Waals surface area contributed by atoms with E-state index < -0.39 is 0 Å². The molecule has 0 radical (unpaired) electrons. The Labute approximate surface area is 194 Å². The molecule has 0 atom stereocenters. The number of nitrogens with zero attached hydrogens (tertiary/aromatic N) is 5. The zero-order chi connectivity index (χ0) is 22.7. The average Bonchev–Trinajstić information content (AvgIpc) is 3.59. The minimum absolute atomic E-state index is 0.0373. The highest BCUT2D eigenvalue weighted by molar-refractivity contribution is 6.35. The fraction of sp³-hybridized carbons (Fsp3) is 0.318. The van der Waals surface area contributed by atoms with E-state index in [1.54, 1.807) is 22.8 Å². The Hall–Kier alpha value is -2.81. The zero-order valence-corrected chi connectivity index (χ0v) is 18.9. The number of nitrogens with two attached hydrogens (primary N) is 2. The maximum atomic E-state index is 12.7. The summed E-state index contributed by atoms with van der Waals surface area (Å²) in [5, 5.41) is 1.38. The van der Waals surface area contributed by atoms with Gasteiger partial charge in [-0.25, -0.2) is 19.9 Å². The number of benzene rings is 1. The quantitative estimate of drug-likeness (QED) is 0.425. The molecule has 1 aliphatic rings. The van der Waals surface area contributed by atoms with E-state index in [1.165, 1.54) is 19.2 Å². The van der Waals surface area contributed by atoms with Gasteiger partial charge in [-0.05, 0) is 56.0 Å². The van der Waals surface area contributed by atoms with Gasteiger partial charge in [-0.3, -0.25) is 9.36 Å². The Morgan fingerprint density at radius 1 is 1.06 bits per heavy atom. The highest BCUT2D eigenvalue weighted by Crippen LogP contribution is 2.32. The van der Waals surface area contributed by atoms with Crippen LogP contribution in [0.5, 0.6) is 0 Å². The molecule has 32 heavy (non-hydrogen) atoms. The van der Waals surface area contributed by atoms with E-state index in [2.05, 4.69) is 19.9 Å². The van der Waals surface area contributed by atoms with Crippen molar-refractivity contribution in [2.45, 2.75) is 32.2 Å². The second-order valence-electron chi connectivity index (χ2n) is 7.67. The summed E-state index contributed by atoms with van der Waals surface area (Å²) in [6.07, 6.45) is 5.52. The standard InChI is InChI=1S/C15H18ClN3O.C7H5ClN4/c16-11-3-1-4-12-14(11)15(20)19(8-2-7-17)13(18-12)9-10-5-6-10;8-5-2-1-4-6(12-5)7(9)11-3-10-4/h1,3-4,10H,2,5-9,17H2;1-3H,(H2,9,10,11).